The van der Waals surface area contributed by atoms with Crippen molar-refractivity contribution in [1.82, 2.24) is 5.32 Å². The monoisotopic (exact) mass is 235 g/mol. The lowest BCUT2D eigenvalue weighted by Crippen LogP contribution is -2.26. The second kappa shape index (κ2) is 6.25. The molecule has 0 atom stereocenters. The predicted molar refractivity (Wildman–Crippen MR) is 70.9 cm³/mol. The number of hydrogen-bond acceptors (Lipinski definition) is 2. The third-order valence-electron chi connectivity index (χ3n) is 4.23. The SMILES string of the molecule is CCC1CCC(CNCc2occc2C)CC1. The summed E-state index contributed by atoms with van der Waals surface area (Å²) >= 11 is 0. The normalized spacial score (nSPS) is 25.1. The topological polar surface area (TPSA) is 25.2 Å². The smallest absolute Gasteiger partial charge is 0.120 e. The summed E-state index contributed by atoms with van der Waals surface area (Å²) in [7, 11) is 0. The second-order valence-corrected chi connectivity index (χ2v) is 5.45. The Bertz CT molecular complexity index is 323. The zero-order valence-electron chi connectivity index (χ0n) is 11.2. The van der Waals surface area contributed by atoms with E-state index < -0.39 is 0 Å². The lowest BCUT2D eigenvalue weighted by Gasteiger charge is -2.27. The zero-order valence-corrected chi connectivity index (χ0v) is 11.2. The van der Waals surface area contributed by atoms with Crippen molar-refractivity contribution in [2.75, 3.05) is 6.54 Å². The molecule has 96 valence electrons. The van der Waals surface area contributed by atoms with Crippen LogP contribution in [0.25, 0.3) is 0 Å². The Morgan fingerprint density at radius 3 is 2.53 bits per heavy atom. The molecule has 1 N–H and O–H groups in total. The number of rotatable bonds is 5. The van der Waals surface area contributed by atoms with E-state index in [1.165, 1.54) is 37.7 Å². The molecule has 2 nitrogen and oxygen atoms in total. The van der Waals surface area contributed by atoms with Crippen LogP contribution in [0.15, 0.2) is 16.7 Å². The van der Waals surface area contributed by atoms with E-state index in [1.54, 1.807) is 6.26 Å². The van der Waals surface area contributed by atoms with Crippen LogP contribution in [0.2, 0.25) is 0 Å². The lowest BCUT2D eigenvalue weighted by atomic mass is 9.81. The average Bonchev–Trinajstić information content (AvgIpc) is 2.76. The summed E-state index contributed by atoms with van der Waals surface area (Å²) in [6.07, 6.45) is 8.82. The molecular weight excluding hydrogens is 210 g/mol. The molecule has 17 heavy (non-hydrogen) atoms. The predicted octanol–water partition coefficient (Wildman–Crippen LogP) is 3.89. The highest BCUT2D eigenvalue weighted by Gasteiger charge is 2.19. The van der Waals surface area contributed by atoms with E-state index in [4.69, 9.17) is 4.42 Å². The van der Waals surface area contributed by atoms with E-state index in [-0.39, 0.29) is 0 Å². The number of furan rings is 1. The molecule has 1 fully saturated rings. The van der Waals surface area contributed by atoms with Gasteiger partial charge in [0.1, 0.15) is 5.76 Å². The number of hydrogen-bond donors (Lipinski definition) is 1. The molecule has 0 unspecified atom stereocenters. The van der Waals surface area contributed by atoms with Crippen molar-refractivity contribution in [2.24, 2.45) is 11.8 Å². The van der Waals surface area contributed by atoms with E-state index in [2.05, 4.69) is 19.2 Å². The first-order chi connectivity index (χ1) is 8.29. The molecule has 2 rings (SSSR count). The van der Waals surface area contributed by atoms with Gasteiger partial charge in [-0.2, -0.15) is 0 Å². The van der Waals surface area contributed by atoms with Crippen molar-refractivity contribution >= 4 is 0 Å². The van der Waals surface area contributed by atoms with Crippen LogP contribution in [0.3, 0.4) is 0 Å². The Hall–Kier alpha value is -0.760. The molecule has 1 saturated carbocycles. The van der Waals surface area contributed by atoms with Crippen molar-refractivity contribution in [1.29, 1.82) is 0 Å². The first kappa shape index (κ1) is 12.7. The fourth-order valence-electron chi connectivity index (χ4n) is 2.82. The van der Waals surface area contributed by atoms with Gasteiger partial charge in [0, 0.05) is 0 Å². The minimum atomic E-state index is 0.881. The number of aryl methyl sites for hydroxylation is 1. The lowest BCUT2D eigenvalue weighted by molar-refractivity contribution is 0.261. The summed E-state index contributed by atoms with van der Waals surface area (Å²) in [4.78, 5) is 0. The average molecular weight is 235 g/mol. The van der Waals surface area contributed by atoms with Crippen LogP contribution in [0, 0.1) is 18.8 Å². The molecule has 0 aromatic carbocycles. The van der Waals surface area contributed by atoms with Crippen molar-refractivity contribution in [3.05, 3.63) is 23.7 Å². The van der Waals surface area contributed by atoms with Crippen molar-refractivity contribution in [2.45, 2.75) is 52.5 Å². The van der Waals surface area contributed by atoms with E-state index in [0.717, 1.165) is 30.7 Å². The molecule has 1 aromatic rings. The van der Waals surface area contributed by atoms with Crippen LogP contribution in [0.1, 0.15) is 50.4 Å². The molecular formula is C15H25NO. The molecule has 0 bridgehead atoms. The van der Waals surface area contributed by atoms with E-state index in [9.17, 15) is 0 Å². The summed E-state index contributed by atoms with van der Waals surface area (Å²) in [5.74, 6) is 2.97. The Kier molecular flexibility index (Phi) is 4.66. The van der Waals surface area contributed by atoms with Crippen molar-refractivity contribution in [3.8, 4) is 0 Å². The maximum Gasteiger partial charge on any atom is 0.120 e. The van der Waals surface area contributed by atoms with E-state index in [0.29, 0.717) is 0 Å². The Morgan fingerprint density at radius 1 is 1.24 bits per heavy atom. The molecule has 1 aliphatic carbocycles. The van der Waals surface area contributed by atoms with Gasteiger partial charge in [-0.05, 0) is 49.8 Å². The Morgan fingerprint density at radius 2 is 1.94 bits per heavy atom. The van der Waals surface area contributed by atoms with Gasteiger partial charge in [-0.1, -0.05) is 26.2 Å². The van der Waals surface area contributed by atoms with Crippen LogP contribution in [0.5, 0.6) is 0 Å². The van der Waals surface area contributed by atoms with Gasteiger partial charge in [0.25, 0.3) is 0 Å². The fourth-order valence-corrected chi connectivity index (χ4v) is 2.82. The van der Waals surface area contributed by atoms with Gasteiger partial charge < -0.3 is 9.73 Å². The van der Waals surface area contributed by atoms with Crippen LogP contribution < -0.4 is 5.32 Å². The Labute approximate surface area is 105 Å². The minimum absolute atomic E-state index is 0.881. The maximum absolute atomic E-state index is 5.43. The molecule has 1 aromatic heterocycles. The van der Waals surface area contributed by atoms with Crippen molar-refractivity contribution < 1.29 is 4.42 Å². The summed E-state index contributed by atoms with van der Waals surface area (Å²) in [5.41, 5.74) is 1.26. The molecule has 0 spiro atoms. The van der Waals surface area contributed by atoms with Gasteiger partial charge in [0.2, 0.25) is 0 Å². The minimum Gasteiger partial charge on any atom is -0.468 e. The van der Waals surface area contributed by atoms with Gasteiger partial charge in [0.15, 0.2) is 0 Å². The second-order valence-electron chi connectivity index (χ2n) is 5.45. The highest BCUT2D eigenvalue weighted by molar-refractivity contribution is 5.14. The highest BCUT2D eigenvalue weighted by atomic mass is 16.3. The third-order valence-corrected chi connectivity index (χ3v) is 4.23. The largest absolute Gasteiger partial charge is 0.468 e. The van der Waals surface area contributed by atoms with Gasteiger partial charge in [-0.25, -0.2) is 0 Å². The van der Waals surface area contributed by atoms with Crippen LogP contribution in [-0.4, -0.2) is 6.54 Å². The highest BCUT2D eigenvalue weighted by Crippen LogP contribution is 2.30. The fraction of sp³-hybridized carbons (Fsp3) is 0.733. The van der Waals surface area contributed by atoms with Gasteiger partial charge in [-0.3, -0.25) is 0 Å². The molecule has 0 radical (unpaired) electrons. The molecule has 0 aliphatic heterocycles. The molecule has 2 heteroatoms. The van der Waals surface area contributed by atoms with Gasteiger partial charge in [0.05, 0.1) is 12.8 Å². The first-order valence-corrected chi connectivity index (χ1v) is 7.03. The van der Waals surface area contributed by atoms with E-state index in [1.807, 2.05) is 6.07 Å². The van der Waals surface area contributed by atoms with Crippen LogP contribution >= 0.6 is 0 Å². The summed E-state index contributed by atoms with van der Waals surface area (Å²) < 4.78 is 5.43. The quantitative estimate of drug-likeness (QED) is 0.837. The van der Waals surface area contributed by atoms with Crippen LogP contribution in [0.4, 0.5) is 0 Å². The maximum atomic E-state index is 5.43. The molecule has 0 saturated heterocycles. The Balaban J connectivity index is 1.65. The van der Waals surface area contributed by atoms with Crippen molar-refractivity contribution in [3.63, 3.8) is 0 Å². The van der Waals surface area contributed by atoms with Crippen LogP contribution in [-0.2, 0) is 6.54 Å². The summed E-state index contributed by atoms with van der Waals surface area (Å²) in [5, 5.41) is 3.54. The third kappa shape index (κ3) is 3.60. The summed E-state index contributed by atoms with van der Waals surface area (Å²) in [6.45, 7) is 6.46. The first-order valence-electron chi connectivity index (χ1n) is 7.03. The molecule has 1 heterocycles. The molecule has 1 aliphatic rings. The standard InChI is InChI=1S/C15H25NO/c1-3-13-4-6-14(7-5-13)10-16-11-15-12(2)8-9-17-15/h8-9,13-14,16H,3-7,10-11H2,1-2H3. The van der Waals surface area contributed by atoms with E-state index >= 15 is 0 Å². The van der Waals surface area contributed by atoms with Gasteiger partial charge in [-0.15, -0.1) is 0 Å². The summed E-state index contributed by atoms with van der Waals surface area (Å²) in [6, 6.07) is 2.03. The number of nitrogens with one attached hydrogen (secondary N) is 1. The molecule has 0 amide bonds. The zero-order chi connectivity index (χ0) is 12.1. The van der Waals surface area contributed by atoms with Gasteiger partial charge >= 0.3 is 0 Å².